The SMILES string of the molecule is CSc1ccc(/C=C2\NC(=S)N(C3CCCCC3)C2=O)cc1. The lowest BCUT2D eigenvalue weighted by Gasteiger charge is -2.29. The van der Waals surface area contributed by atoms with E-state index in [1.165, 1.54) is 24.2 Å². The van der Waals surface area contributed by atoms with E-state index in [0.717, 1.165) is 18.4 Å². The molecule has 0 bridgehead atoms. The molecule has 3 rings (SSSR count). The Labute approximate surface area is 141 Å². The normalized spacial score (nSPS) is 21.5. The van der Waals surface area contributed by atoms with Gasteiger partial charge in [0.25, 0.3) is 5.91 Å². The molecular weight excluding hydrogens is 312 g/mol. The van der Waals surface area contributed by atoms with Crippen molar-refractivity contribution in [2.45, 2.75) is 43.0 Å². The monoisotopic (exact) mass is 332 g/mol. The molecule has 0 spiro atoms. The summed E-state index contributed by atoms with van der Waals surface area (Å²) >= 11 is 7.09. The fourth-order valence-corrected chi connectivity index (χ4v) is 3.84. The summed E-state index contributed by atoms with van der Waals surface area (Å²) in [7, 11) is 0. The van der Waals surface area contributed by atoms with Crippen LogP contribution in [0.4, 0.5) is 0 Å². The summed E-state index contributed by atoms with van der Waals surface area (Å²) in [6.07, 6.45) is 9.70. The van der Waals surface area contributed by atoms with Crippen LogP contribution in [0.15, 0.2) is 34.9 Å². The minimum atomic E-state index is 0.0193. The summed E-state index contributed by atoms with van der Waals surface area (Å²) in [5.74, 6) is 0.0193. The zero-order valence-corrected chi connectivity index (χ0v) is 14.3. The van der Waals surface area contributed by atoms with Crippen molar-refractivity contribution in [3.8, 4) is 0 Å². The number of nitrogens with zero attached hydrogens (tertiary/aromatic N) is 1. The summed E-state index contributed by atoms with van der Waals surface area (Å²) in [6, 6.07) is 8.45. The van der Waals surface area contributed by atoms with Crippen LogP contribution in [-0.2, 0) is 4.79 Å². The van der Waals surface area contributed by atoms with Gasteiger partial charge >= 0.3 is 0 Å². The number of benzene rings is 1. The van der Waals surface area contributed by atoms with Gasteiger partial charge in [0, 0.05) is 10.9 Å². The van der Waals surface area contributed by atoms with Crippen molar-refractivity contribution >= 4 is 41.1 Å². The van der Waals surface area contributed by atoms with Crippen molar-refractivity contribution < 1.29 is 4.79 Å². The van der Waals surface area contributed by atoms with Crippen LogP contribution in [-0.4, -0.2) is 28.2 Å². The molecule has 0 unspecified atom stereocenters. The standard InChI is InChI=1S/C17H20N2OS2/c1-22-14-9-7-12(8-10-14)11-15-16(20)19(17(21)18-15)13-5-3-2-4-6-13/h7-11,13H,2-6H2,1H3,(H,18,21)/b15-11-. The number of thioether (sulfide) groups is 1. The highest BCUT2D eigenvalue weighted by Crippen LogP contribution is 2.27. The molecule has 2 fully saturated rings. The molecule has 1 aromatic carbocycles. The molecule has 1 amide bonds. The molecular formula is C17H20N2OS2. The Morgan fingerprint density at radius 3 is 2.55 bits per heavy atom. The number of carbonyl (C=O) groups excluding carboxylic acids is 1. The summed E-state index contributed by atoms with van der Waals surface area (Å²) in [4.78, 5) is 15.6. The fraction of sp³-hybridized carbons (Fsp3) is 0.412. The molecule has 116 valence electrons. The number of nitrogens with one attached hydrogen (secondary N) is 1. The quantitative estimate of drug-likeness (QED) is 0.518. The van der Waals surface area contributed by atoms with E-state index in [1.54, 1.807) is 16.7 Å². The highest BCUT2D eigenvalue weighted by atomic mass is 32.2. The van der Waals surface area contributed by atoms with Gasteiger partial charge < -0.3 is 5.32 Å². The molecule has 3 nitrogen and oxygen atoms in total. The number of hydrogen-bond acceptors (Lipinski definition) is 3. The predicted octanol–water partition coefficient (Wildman–Crippen LogP) is 3.80. The Balaban J connectivity index is 1.78. The Kier molecular flexibility index (Phi) is 4.84. The van der Waals surface area contributed by atoms with Gasteiger partial charge in [-0.1, -0.05) is 31.4 Å². The third-order valence-electron chi connectivity index (χ3n) is 4.28. The van der Waals surface area contributed by atoms with Crippen molar-refractivity contribution in [2.75, 3.05) is 6.26 Å². The number of amides is 1. The molecule has 1 aliphatic heterocycles. The van der Waals surface area contributed by atoms with Crippen LogP contribution in [0.25, 0.3) is 6.08 Å². The van der Waals surface area contributed by atoms with Crippen LogP contribution in [0.5, 0.6) is 0 Å². The summed E-state index contributed by atoms with van der Waals surface area (Å²) in [5.41, 5.74) is 1.61. The summed E-state index contributed by atoms with van der Waals surface area (Å²) < 4.78 is 0. The molecule has 0 atom stereocenters. The number of carbonyl (C=O) groups is 1. The first-order chi connectivity index (χ1) is 10.7. The average Bonchev–Trinajstić information content (AvgIpc) is 2.83. The Morgan fingerprint density at radius 1 is 1.23 bits per heavy atom. The second-order valence-corrected chi connectivity index (χ2v) is 6.99. The molecule has 0 aromatic heterocycles. The first-order valence-corrected chi connectivity index (χ1v) is 9.32. The predicted molar refractivity (Wildman–Crippen MR) is 95.7 cm³/mol. The second-order valence-electron chi connectivity index (χ2n) is 5.73. The van der Waals surface area contributed by atoms with E-state index in [-0.39, 0.29) is 11.9 Å². The van der Waals surface area contributed by atoms with Crippen LogP contribution in [0, 0.1) is 0 Å². The number of hydrogen-bond donors (Lipinski definition) is 1. The van der Waals surface area contributed by atoms with Gasteiger partial charge in [0.2, 0.25) is 0 Å². The molecule has 0 radical (unpaired) electrons. The van der Waals surface area contributed by atoms with Crippen LogP contribution >= 0.6 is 24.0 Å². The van der Waals surface area contributed by atoms with E-state index in [2.05, 4.69) is 23.7 Å². The molecule has 22 heavy (non-hydrogen) atoms. The topological polar surface area (TPSA) is 32.3 Å². The van der Waals surface area contributed by atoms with Crippen molar-refractivity contribution in [1.82, 2.24) is 10.2 Å². The third-order valence-corrected chi connectivity index (χ3v) is 5.32. The van der Waals surface area contributed by atoms with Gasteiger partial charge in [-0.2, -0.15) is 0 Å². The highest BCUT2D eigenvalue weighted by molar-refractivity contribution is 7.98. The van der Waals surface area contributed by atoms with Crippen LogP contribution in [0.1, 0.15) is 37.7 Å². The molecule has 5 heteroatoms. The Bertz CT molecular complexity index is 604. The number of rotatable bonds is 3. The molecule has 1 saturated heterocycles. The molecule has 1 aromatic rings. The van der Waals surface area contributed by atoms with E-state index >= 15 is 0 Å². The second kappa shape index (κ2) is 6.84. The van der Waals surface area contributed by atoms with Gasteiger partial charge in [0.15, 0.2) is 5.11 Å². The van der Waals surface area contributed by atoms with Crippen molar-refractivity contribution in [3.05, 3.63) is 35.5 Å². The maximum absolute atomic E-state index is 12.6. The zero-order valence-electron chi connectivity index (χ0n) is 12.7. The van der Waals surface area contributed by atoms with E-state index in [0.29, 0.717) is 10.8 Å². The van der Waals surface area contributed by atoms with Gasteiger partial charge in [-0.3, -0.25) is 9.69 Å². The average molecular weight is 332 g/mol. The Morgan fingerprint density at radius 2 is 1.91 bits per heavy atom. The van der Waals surface area contributed by atoms with Crippen LogP contribution < -0.4 is 5.32 Å². The first-order valence-electron chi connectivity index (χ1n) is 7.69. The molecule has 1 heterocycles. The van der Waals surface area contributed by atoms with Crippen LogP contribution in [0.3, 0.4) is 0 Å². The fourth-order valence-electron chi connectivity index (χ4n) is 3.09. The summed E-state index contributed by atoms with van der Waals surface area (Å²) in [6.45, 7) is 0. The minimum Gasteiger partial charge on any atom is -0.328 e. The smallest absolute Gasteiger partial charge is 0.276 e. The van der Waals surface area contributed by atoms with Crippen molar-refractivity contribution in [1.29, 1.82) is 0 Å². The molecule has 2 aliphatic rings. The first kappa shape index (κ1) is 15.6. The highest BCUT2D eigenvalue weighted by Gasteiger charge is 2.36. The Hall–Kier alpha value is -1.33. The lowest BCUT2D eigenvalue weighted by molar-refractivity contribution is -0.124. The lowest BCUT2D eigenvalue weighted by atomic mass is 9.94. The minimum absolute atomic E-state index is 0.0193. The number of thiocarbonyl (C=S) groups is 1. The largest absolute Gasteiger partial charge is 0.328 e. The van der Waals surface area contributed by atoms with E-state index in [1.807, 2.05) is 18.2 Å². The molecule has 1 N–H and O–H groups in total. The lowest BCUT2D eigenvalue weighted by Crippen LogP contribution is -2.41. The van der Waals surface area contributed by atoms with Crippen LogP contribution in [0.2, 0.25) is 0 Å². The van der Waals surface area contributed by atoms with E-state index in [4.69, 9.17) is 12.2 Å². The van der Waals surface area contributed by atoms with Gasteiger partial charge in [0.05, 0.1) is 0 Å². The van der Waals surface area contributed by atoms with Gasteiger partial charge in [-0.05, 0) is 55.1 Å². The van der Waals surface area contributed by atoms with E-state index in [9.17, 15) is 4.79 Å². The van der Waals surface area contributed by atoms with Gasteiger partial charge in [0.1, 0.15) is 5.70 Å². The zero-order chi connectivity index (χ0) is 15.5. The maximum atomic E-state index is 12.6. The maximum Gasteiger partial charge on any atom is 0.276 e. The van der Waals surface area contributed by atoms with Gasteiger partial charge in [-0.25, -0.2) is 0 Å². The van der Waals surface area contributed by atoms with E-state index < -0.39 is 0 Å². The summed E-state index contributed by atoms with van der Waals surface area (Å²) in [5, 5.41) is 3.65. The third kappa shape index (κ3) is 3.20. The van der Waals surface area contributed by atoms with Gasteiger partial charge in [-0.15, -0.1) is 11.8 Å². The van der Waals surface area contributed by atoms with Crippen molar-refractivity contribution in [3.63, 3.8) is 0 Å². The molecule has 1 saturated carbocycles. The molecule has 1 aliphatic carbocycles. The van der Waals surface area contributed by atoms with Crippen molar-refractivity contribution in [2.24, 2.45) is 0 Å².